The number of fused-ring (bicyclic) bond motifs is 1. The summed E-state index contributed by atoms with van der Waals surface area (Å²) in [4.78, 5) is 4.27. The molecule has 2 heterocycles. The highest BCUT2D eigenvalue weighted by Gasteiger charge is 2.20. The van der Waals surface area contributed by atoms with Crippen molar-refractivity contribution < 1.29 is 4.52 Å². The second kappa shape index (κ2) is 5.00. The number of hydrogen-bond donors (Lipinski definition) is 1. The Bertz CT molecular complexity index is 770. The predicted molar refractivity (Wildman–Crippen MR) is 79.9 cm³/mol. The smallest absolute Gasteiger partial charge is 0.223 e. The number of nitrogens with zero attached hydrogens (tertiary/aromatic N) is 3. The van der Waals surface area contributed by atoms with Gasteiger partial charge in [-0.1, -0.05) is 17.3 Å². The summed E-state index contributed by atoms with van der Waals surface area (Å²) in [5.74, 6) is 1.32. The lowest BCUT2D eigenvalue weighted by Crippen LogP contribution is -2.15. The maximum atomic E-state index is 5.04. The van der Waals surface area contributed by atoms with E-state index in [-0.39, 0.29) is 0 Å². The minimum Gasteiger partial charge on any atom is -0.340 e. The predicted octanol–water partition coefficient (Wildman–Crippen LogP) is 2.63. The molecular weight excluding hydrogens is 264 g/mol. The topological polar surface area (TPSA) is 55.9 Å². The Morgan fingerprint density at radius 1 is 1.33 bits per heavy atom. The van der Waals surface area contributed by atoms with Gasteiger partial charge in [0, 0.05) is 36.6 Å². The van der Waals surface area contributed by atoms with Crippen molar-refractivity contribution >= 4 is 10.9 Å². The maximum Gasteiger partial charge on any atom is 0.223 e. The monoisotopic (exact) mass is 282 g/mol. The first-order chi connectivity index (χ1) is 10.3. The molecule has 0 radical (unpaired) electrons. The third kappa shape index (κ3) is 2.56. The van der Waals surface area contributed by atoms with E-state index < -0.39 is 0 Å². The fourth-order valence-corrected chi connectivity index (χ4v) is 2.68. The van der Waals surface area contributed by atoms with Crippen LogP contribution in [-0.2, 0) is 13.1 Å². The van der Waals surface area contributed by atoms with Gasteiger partial charge in [0.2, 0.25) is 5.89 Å². The van der Waals surface area contributed by atoms with E-state index in [4.69, 9.17) is 4.52 Å². The molecule has 0 spiro atoms. The molecule has 1 aliphatic rings. The van der Waals surface area contributed by atoms with Gasteiger partial charge >= 0.3 is 0 Å². The summed E-state index contributed by atoms with van der Waals surface area (Å²) < 4.78 is 7.20. The molecule has 1 aliphatic carbocycles. The molecule has 0 saturated heterocycles. The first-order valence-electron chi connectivity index (χ1n) is 7.39. The SMILES string of the molecule is Cc1nc(Cn2ccc3c(CNC4CC4)cccc32)no1. The molecule has 0 bridgehead atoms. The highest BCUT2D eigenvalue weighted by atomic mass is 16.5. The molecule has 3 aromatic rings. The van der Waals surface area contributed by atoms with Crippen molar-refractivity contribution in [2.75, 3.05) is 0 Å². The molecular formula is C16H18N4O. The molecule has 0 unspecified atom stereocenters. The van der Waals surface area contributed by atoms with Crippen LogP contribution in [0.5, 0.6) is 0 Å². The molecule has 2 aromatic heterocycles. The summed E-state index contributed by atoms with van der Waals surface area (Å²) in [5, 5.41) is 8.84. The highest BCUT2D eigenvalue weighted by molar-refractivity contribution is 5.83. The molecule has 21 heavy (non-hydrogen) atoms. The Morgan fingerprint density at radius 2 is 2.24 bits per heavy atom. The van der Waals surface area contributed by atoms with Gasteiger partial charge in [-0.25, -0.2) is 0 Å². The first kappa shape index (κ1) is 12.6. The summed E-state index contributed by atoms with van der Waals surface area (Å²) in [6.07, 6.45) is 4.72. The third-order valence-electron chi connectivity index (χ3n) is 3.94. The first-order valence-corrected chi connectivity index (χ1v) is 7.39. The Balaban J connectivity index is 1.62. The fourth-order valence-electron chi connectivity index (χ4n) is 2.68. The van der Waals surface area contributed by atoms with Crippen LogP contribution in [0.2, 0.25) is 0 Å². The van der Waals surface area contributed by atoms with Crippen LogP contribution in [0.3, 0.4) is 0 Å². The summed E-state index contributed by atoms with van der Waals surface area (Å²) in [6.45, 7) is 3.39. The molecule has 1 aromatic carbocycles. The Kier molecular flexibility index (Phi) is 3.00. The minimum absolute atomic E-state index is 0.607. The average Bonchev–Trinajstić information content (AvgIpc) is 3.10. The lowest BCUT2D eigenvalue weighted by atomic mass is 10.1. The van der Waals surface area contributed by atoms with Crippen LogP contribution in [0.1, 0.15) is 30.1 Å². The van der Waals surface area contributed by atoms with E-state index in [2.05, 4.69) is 50.5 Å². The van der Waals surface area contributed by atoms with E-state index in [0.717, 1.165) is 12.6 Å². The number of benzene rings is 1. The van der Waals surface area contributed by atoms with E-state index in [1.54, 1.807) is 0 Å². The van der Waals surface area contributed by atoms with Crippen LogP contribution in [0.15, 0.2) is 35.0 Å². The largest absolute Gasteiger partial charge is 0.340 e. The molecule has 0 amide bonds. The Hall–Kier alpha value is -2.14. The quantitative estimate of drug-likeness (QED) is 0.781. The zero-order valence-electron chi connectivity index (χ0n) is 12.0. The lowest BCUT2D eigenvalue weighted by Gasteiger charge is -2.06. The minimum atomic E-state index is 0.607. The van der Waals surface area contributed by atoms with E-state index in [9.17, 15) is 0 Å². The third-order valence-corrected chi connectivity index (χ3v) is 3.94. The van der Waals surface area contributed by atoms with Crippen molar-refractivity contribution in [3.8, 4) is 0 Å². The van der Waals surface area contributed by atoms with Crippen LogP contribution in [-0.4, -0.2) is 20.7 Å². The van der Waals surface area contributed by atoms with Gasteiger partial charge < -0.3 is 14.4 Å². The molecule has 0 atom stereocenters. The number of rotatable bonds is 5. The highest BCUT2D eigenvalue weighted by Crippen LogP contribution is 2.23. The molecule has 4 rings (SSSR count). The normalized spacial score (nSPS) is 14.9. The number of hydrogen-bond acceptors (Lipinski definition) is 4. The van der Waals surface area contributed by atoms with Crippen molar-refractivity contribution in [1.82, 2.24) is 20.0 Å². The maximum absolute atomic E-state index is 5.04. The van der Waals surface area contributed by atoms with E-state index in [1.807, 2.05) is 6.92 Å². The van der Waals surface area contributed by atoms with Crippen molar-refractivity contribution in [3.63, 3.8) is 0 Å². The second-order valence-electron chi connectivity index (χ2n) is 5.68. The van der Waals surface area contributed by atoms with Crippen LogP contribution in [0, 0.1) is 6.92 Å². The van der Waals surface area contributed by atoms with Gasteiger partial charge in [-0.3, -0.25) is 0 Å². The molecule has 108 valence electrons. The van der Waals surface area contributed by atoms with Gasteiger partial charge in [-0.05, 0) is 30.5 Å². The molecule has 0 aliphatic heterocycles. The fraction of sp³-hybridized carbons (Fsp3) is 0.375. The number of aromatic nitrogens is 3. The average molecular weight is 282 g/mol. The van der Waals surface area contributed by atoms with Crippen LogP contribution < -0.4 is 5.32 Å². The standard InChI is InChI=1S/C16H18N4O/c1-11-18-16(19-21-11)10-20-8-7-14-12(3-2-4-15(14)20)9-17-13-5-6-13/h2-4,7-8,13,17H,5-6,9-10H2,1H3. The van der Waals surface area contributed by atoms with Crippen molar-refractivity contribution in [2.24, 2.45) is 0 Å². The van der Waals surface area contributed by atoms with Crippen LogP contribution >= 0.6 is 0 Å². The van der Waals surface area contributed by atoms with Gasteiger partial charge in [0.15, 0.2) is 5.82 Å². The number of aryl methyl sites for hydroxylation is 1. The Morgan fingerprint density at radius 3 is 3.00 bits per heavy atom. The zero-order valence-corrected chi connectivity index (χ0v) is 12.0. The van der Waals surface area contributed by atoms with Gasteiger partial charge in [0.05, 0.1) is 6.54 Å². The summed E-state index contributed by atoms with van der Waals surface area (Å²) >= 11 is 0. The summed E-state index contributed by atoms with van der Waals surface area (Å²) in [7, 11) is 0. The lowest BCUT2D eigenvalue weighted by molar-refractivity contribution is 0.386. The van der Waals surface area contributed by atoms with Gasteiger partial charge in [-0.15, -0.1) is 0 Å². The van der Waals surface area contributed by atoms with Crippen molar-refractivity contribution in [3.05, 3.63) is 47.7 Å². The van der Waals surface area contributed by atoms with Gasteiger partial charge in [0.1, 0.15) is 0 Å². The van der Waals surface area contributed by atoms with E-state index >= 15 is 0 Å². The zero-order chi connectivity index (χ0) is 14.2. The van der Waals surface area contributed by atoms with Crippen molar-refractivity contribution in [2.45, 2.75) is 38.9 Å². The van der Waals surface area contributed by atoms with E-state index in [1.165, 1.54) is 29.3 Å². The molecule has 1 fully saturated rings. The molecule has 5 nitrogen and oxygen atoms in total. The molecule has 1 saturated carbocycles. The van der Waals surface area contributed by atoms with Crippen molar-refractivity contribution in [1.29, 1.82) is 0 Å². The molecule has 1 N–H and O–H groups in total. The summed E-state index contributed by atoms with van der Waals surface area (Å²) in [5.41, 5.74) is 2.56. The van der Waals surface area contributed by atoms with Gasteiger partial charge in [0.25, 0.3) is 0 Å². The molecule has 5 heteroatoms. The summed E-state index contributed by atoms with van der Waals surface area (Å²) in [6, 6.07) is 9.35. The second-order valence-corrected chi connectivity index (χ2v) is 5.68. The van der Waals surface area contributed by atoms with E-state index in [0.29, 0.717) is 18.3 Å². The van der Waals surface area contributed by atoms with Crippen LogP contribution in [0.25, 0.3) is 10.9 Å². The van der Waals surface area contributed by atoms with Crippen LogP contribution in [0.4, 0.5) is 0 Å². The Labute approximate surface area is 123 Å². The van der Waals surface area contributed by atoms with Gasteiger partial charge in [-0.2, -0.15) is 4.98 Å². The number of nitrogens with one attached hydrogen (secondary N) is 1.